The summed E-state index contributed by atoms with van der Waals surface area (Å²) in [6.45, 7) is 2.28. The summed E-state index contributed by atoms with van der Waals surface area (Å²) in [6.07, 6.45) is -0.118. The summed E-state index contributed by atoms with van der Waals surface area (Å²) in [5.41, 5.74) is 6.92. The van der Waals surface area contributed by atoms with Gasteiger partial charge in [0.2, 0.25) is 5.91 Å². The van der Waals surface area contributed by atoms with Gasteiger partial charge in [-0.2, -0.15) is 0 Å². The third-order valence-electron chi connectivity index (χ3n) is 2.35. The molecule has 0 heterocycles. The first-order valence-electron chi connectivity index (χ1n) is 5.83. The Hall–Kier alpha value is -1.50. The number of nitrogens with one attached hydrogen (secondary N) is 1. The van der Waals surface area contributed by atoms with Crippen LogP contribution in [0.4, 0.5) is 5.69 Å². The number of nitrogens with two attached hydrogens (primary N) is 1. The Morgan fingerprint density at radius 3 is 2.58 bits per heavy atom. The summed E-state index contributed by atoms with van der Waals surface area (Å²) in [5, 5.41) is 2.72. The lowest BCUT2D eigenvalue weighted by atomic mass is 10.2. The van der Waals surface area contributed by atoms with Crippen LogP contribution < -0.4 is 11.1 Å². The Balaban J connectivity index is 2.42. The van der Waals surface area contributed by atoms with Crippen LogP contribution in [0.25, 0.3) is 0 Å². The molecule has 5 nitrogen and oxygen atoms in total. The van der Waals surface area contributed by atoms with Crippen LogP contribution in [0.5, 0.6) is 0 Å². The number of carbonyl (C=O) groups is 1. The van der Waals surface area contributed by atoms with Crippen molar-refractivity contribution in [2.45, 2.75) is 13.0 Å². The molecule has 0 aliphatic carbocycles. The quantitative estimate of drug-likeness (QED) is 0.738. The standard InChI is InChI=1S/C13H18N2O3S/c1-9(7-17-2)18-8-12(16)15-11-5-3-10(4-6-11)13(14)19/h3-6,9H,7-8H2,1-2H3,(H2,14,19)(H,15,16). The highest BCUT2D eigenvalue weighted by atomic mass is 32.1. The molecular weight excluding hydrogens is 264 g/mol. The molecule has 0 saturated heterocycles. The Bertz CT molecular complexity index is 434. The summed E-state index contributed by atoms with van der Waals surface area (Å²) < 4.78 is 10.2. The second-order valence-corrected chi connectivity index (χ2v) is 4.51. The minimum atomic E-state index is -0.217. The summed E-state index contributed by atoms with van der Waals surface area (Å²) in [6, 6.07) is 6.99. The van der Waals surface area contributed by atoms with Crippen molar-refractivity contribution in [3.8, 4) is 0 Å². The number of amides is 1. The molecule has 1 unspecified atom stereocenters. The largest absolute Gasteiger partial charge is 0.389 e. The van der Waals surface area contributed by atoms with Crippen molar-refractivity contribution in [3.63, 3.8) is 0 Å². The predicted octanol–water partition coefficient (Wildman–Crippen LogP) is 1.31. The van der Waals surface area contributed by atoms with E-state index in [1.807, 2.05) is 6.92 Å². The average Bonchev–Trinajstić information content (AvgIpc) is 2.37. The summed E-state index contributed by atoms with van der Waals surface area (Å²) in [7, 11) is 1.59. The molecule has 1 atom stereocenters. The van der Waals surface area contributed by atoms with E-state index in [1.54, 1.807) is 31.4 Å². The maximum absolute atomic E-state index is 11.6. The minimum absolute atomic E-state index is 0.0123. The van der Waals surface area contributed by atoms with Gasteiger partial charge in [-0.15, -0.1) is 0 Å². The third-order valence-corrected chi connectivity index (χ3v) is 2.59. The normalized spacial score (nSPS) is 11.9. The van der Waals surface area contributed by atoms with Crippen molar-refractivity contribution >= 4 is 28.8 Å². The lowest BCUT2D eigenvalue weighted by Crippen LogP contribution is -2.24. The van der Waals surface area contributed by atoms with Gasteiger partial charge in [0, 0.05) is 18.4 Å². The van der Waals surface area contributed by atoms with Crippen LogP contribution in [0.3, 0.4) is 0 Å². The molecule has 0 aliphatic heterocycles. The predicted molar refractivity (Wildman–Crippen MR) is 78.2 cm³/mol. The third kappa shape index (κ3) is 5.78. The van der Waals surface area contributed by atoms with E-state index in [0.29, 0.717) is 17.3 Å². The van der Waals surface area contributed by atoms with Crippen LogP contribution in [0, 0.1) is 0 Å². The van der Waals surface area contributed by atoms with Gasteiger partial charge in [-0.25, -0.2) is 0 Å². The molecule has 0 spiro atoms. The first-order chi connectivity index (χ1) is 9.02. The van der Waals surface area contributed by atoms with Crippen molar-refractivity contribution in [1.82, 2.24) is 0 Å². The SMILES string of the molecule is COCC(C)OCC(=O)Nc1ccc(C(N)=S)cc1. The number of thiocarbonyl (C=S) groups is 1. The van der Waals surface area contributed by atoms with Gasteiger partial charge in [0.05, 0.1) is 12.7 Å². The van der Waals surface area contributed by atoms with Gasteiger partial charge in [0.1, 0.15) is 11.6 Å². The second-order valence-electron chi connectivity index (χ2n) is 4.07. The lowest BCUT2D eigenvalue weighted by molar-refractivity contribution is -0.123. The zero-order valence-corrected chi connectivity index (χ0v) is 11.8. The second kappa shape index (κ2) is 7.83. The maximum atomic E-state index is 11.6. The molecule has 0 aromatic heterocycles. The first-order valence-corrected chi connectivity index (χ1v) is 6.24. The van der Waals surface area contributed by atoms with Gasteiger partial charge >= 0.3 is 0 Å². The fourth-order valence-corrected chi connectivity index (χ4v) is 1.55. The van der Waals surface area contributed by atoms with Gasteiger partial charge in [-0.05, 0) is 31.2 Å². The van der Waals surface area contributed by atoms with Crippen molar-refractivity contribution in [2.75, 3.05) is 25.6 Å². The Kier molecular flexibility index (Phi) is 6.41. The molecule has 104 valence electrons. The number of rotatable bonds is 7. The molecule has 1 amide bonds. The van der Waals surface area contributed by atoms with E-state index in [4.69, 9.17) is 27.4 Å². The Labute approximate surface area is 118 Å². The number of anilines is 1. The lowest BCUT2D eigenvalue weighted by Gasteiger charge is -2.12. The maximum Gasteiger partial charge on any atom is 0.250 e. The van der Waals surface area contributed by atoms with Crippen molar-refractivity contribution in [2.24, 2.45) is 5.73 Å². The molecule has 19 heavy (non-hydrogen) atoms. The molecule has 0 bridgehead atoms. The molecule has 1 aromatic carbocycles. The Morgan fingerprint density at radius 2 is 2.05 bits per heavy atom. The van der Waals surface area contributed by atoms with Gasteiger partial charge < -0.3 is 20.5 Å². The van der Waals surface area contributed by atoms with Crippen molar-refractivity contribution < 1.29 is 14.3 Å². The van der Waals surface area contributed by atoms with E-state index in [2.05, 4.69) is 5.32 Å². The number of hydrogen-bond donors (Lipinski definition) is 2. The highest BCUT2D eigenvalue weighted by Gasteiger charge is 2.07. The molecule has 1 rings (SSSR count). The summed E-state index contributed by atoms with van der Waals surface area (Å²) in [5.74, 6) is -0.217. The van der Waals surface area contributed by atoms with Gasteiger partial charge in [0.25, 0.3) is 0 Å². The zero-order valence-electron chi connectivity index (χ0n) is 11.0. The van der Waals surface area contributed by atoms with Gasteiger partial charge in [0.15, 0.2) is 0 Å². The summed E-state index contributed by atoms with van der Waals surface area (Å²) in [4.78, 5) is 11.9. The van der Waals surface area contributed by atoms with Crippen molar-refractivity contribution in [3.05, 3.63) is 29.8 Å². The van der Waals surface area contributed by atoms with Crippen LogP contribution in [0.2, 0.25) is 0 Å². The Morgan fingerprint density at radius 1 is 1.42 bits per heavy atom. The number of benzene rings is 1. The van der Waals surface area contributed by atoms with Gasteiger partial charge in [-0.1, -0.05) is 12.2 Å². The van der Waals surface area contributed by atoms with Crippen LogP contribution in [-0.4, -0.2) is 37.3 Å². The molecule has 1 aromatic rings. The number of ether oxygens (including phenoxy) is 2. The minimum Gasteiger partial charge on any atom is -0.389 e. The van der Waals surface area contributed by atoms with Crippen LogP contribution in [0.15, 0.2) is 24.3 Å². The molecule has 0 saturated carbocycles. The monoisotopic (exact) mass is 282 g/mol. The van der Waals surface area contributed by atoms with E-state index in [1.165, 1.54) is 0 Å². The van der Waals surface area contributed by atoms with Crippen LogP contribution in [-0.2, 0) is 14.3 Å². The highest BCUT2D eigenvalue weighted by Crippen LogP contribution is 2.09. The van der Waals surface area contributed by atoms with Gasteiger partial charge in [-0.3, -0.25) is 4.79 Å². The molecule has 0 radical (unpaired) electrons. The molecular formula is C13H18N2O3S. The van der Waals surface area contributed by atoms with E-state index >= 15 is 0 Å². The zero-order chi connectivity index (χ0) is 14.3. The van der Waals surface area contributed by atoms with Crippen LogP contribution in [0.1, 0.15) is 12.5 Å². The van der Waals surface area contributed by atoms with Crippen LogP contribution >= 0.6 is 12.2 Å². The van der Waals surface area contributed by atoms with Crippen molar-refractivity contribution in [1.29, 1.82) is 0 Å². The van der Waals surface area contributed by atoms with E-state index in [0.717, 1.165) is 5.56 Å². The topological polar surface area (TPSA) is 73.6 Å². The highest BCUT2D eigenvalue weighted by molar-refractivity contribution is 7.80. The summed E-state index contributed by atoms with van der Waals surface area (Å²) >= 11 is 4.85. The molecule has 0 aliphatic rings. The fraction of sp³-hybridized carbons (Fsp3) is 0.385. The average molecular weight is 282 g/mol. The molecule has 6 heteroatoms. The fourth-order valence-electron chi connectivity index (χ4n) is 1.42. The number of methoxy groups -OCH3 is 1. The van der Waals surface area contributed by atoms with E-state index in [9.17, 15) is 4.79 Å². The van der Waals surface area contributed by atoms with E-state index < -0.39 is 0 Å². The number of hydrogen-bond acceptors (Lipinski definition) is 4. The molecule has 3 N–H and O–H groups in total. The smallest absolute Gasteiger partial charge is 0.250 e. The number of carbonyl (C=O) groups excluding carboxylic acids is 1. The molecule has 0 fully saturated rings. The van der Waals surface area contributed by atoms with E-state index in [-0.39, 0.29) is 18.6 Å². The first kappa shape index (κ1) is 15.6.